The van der Waals surface area contributed by atoms with Crippen molar-refractivity contribution in [1.29, 1.82) is 5.26 Å². The van der Waals surface area contributed by atoms with Gasteiger partial charge in [0.2, 0.25) is 0 Å². The van der Waals surface area contributed by atoms with Crippen LogP contribution in [0.15, 0.2) is 24.3 Å². The summed E-state index contributed by atoms with van der Waals surface area (Å²) in [6, 6.07) is 6.62. The number of halogens is 3. The monoisotopic (exact) mass is 207 g/mol. The molecule has 0 heterocycles. The summed E-state index contributed by atoms with van der Waals surface area (Å²) in [5.74, 6) is -3.98. The maximum absolute atomic E-state index is 13.2. The second kappa shape index (κ2) is 3.28. The highest BCUT2D eigenvalue weighted by Crippen LogP contribution is 2.23. The molecule has 0 amide bonds. The van der Waals surface area contributed by atoms with Crippen LogP contribution in [0.5, 0.6) is 0 Å². The van der Waals surface area contributed by atoms with Gasteiger partial charge in [-0.15, -0.1) is 0 Å². The minimum absolute atomic E-state index is 0.0344. The van der Waals surface area contributed by atoms with Crippen molar-refractivity contribution in [2.24, 2.45) is 0 Å². The van der Waals surface area contributed by atoms with E-state index in [9.17, 15) is 13.2 Å². The third-order valence-corrected chi connectivity index (χ3v) is 2.10. The smallest absolute Gasteiger partial charge is 0.195 e. The fourth-order valence-electron chi connectivity index (χ4n) is 1.37. The Kier molecular flexibility index (Phi) is 2.09. The SMILES string of the molecule is N#Cc1ccc2c(F)c(F)c(F)cc2c1. The van der Waals surface area contributed by atoms with Crippen LogP contribution in [0.25, 0.3) is 10.8 Å². The van der Waals surface area contributed by atoms with Gasteiger partial charge in [-0.1, -0.05) is 6.07 Å². The molecule has 2 aromatic carbocycles. The van der Waals surface area contributed by atoms with Crippen LogP contribution in [0.4, 0.5) is 13.2 Å². The molecule has 0 atom stereocenters. The third-order valence-electron chi connectivity index (χ3n) is 2.10. The van der Waals surface area contributed by atoms with Crippen molar-refractivity contribution >= 4 is 10.8 Å². The molecule has 0 N–H and O–H groups in total. The molecule has 0 aromatic heterocycles. The summed E-state index contributed by atoms with van der Waals surface area (Å²) < 4.78 is 38.9. The molecule has 0 aliphatic heterocycles. The fraction of sp³-hybridized carbons (Fsp3) is 0. The molecule has 1 nitrogen and oxygen atoms in total. The molecule has 0 bridgehead atoms. The van der Waals surface area contributed by atoms with Gasteiger partial charge in [0.15, 0.2) is 17.5 Å². The van der Waals surface area contributed by atoms with Gasteiger partial charge < -0.3 is 0 Å². The minimum atomic E-state index is -1.49. The van der Waals surface area contributed by atoms with Crippen molar-refractivity contribution in [2.45, 2.75) is 0 Å². The van der Waals surface area contributed by atoms with Crippen LogP contribution in [0, 0.1) is 28.8 Å². The highest BCUT2D eigenvalue weighted by Gasteiger charge is 2.13. The molecule has 0 spiro atoms. The van der Waals surface area contributed by atoms with Crippen LogP contribution >= 0.6 is 0 Å². The number of nitrogens with zero attached hydrogens (tertiary/aromatic N) is 1. The Morgan fingerprint density at radius 1 is 1.00 bits per heavy atom. The van der Waals surface area contributed by atoms with E-state index >= 15 is 0 Å². The average molecular weight is 207 g/mol. The van der Waals surface area contributed by atoms with Gasteiger partial charge in [0.1, 0.15) is 0 Å². The zero-order chi connectivity index (χ0) is 11.0. The highest BCUT2D eigenvalue weighted by molar-refractivity contribution is 5.84. The Balaban J connectivity index is 2.87. The molecule has 0 aliphatic carbocycles. The number of fused-ring (bicyclic) bond motifs is 1. The molecular formula is C11H4F3N. The van der Waals surface area contributed by atoms with E-state index in [0.717, 1.165) is 6.07 Å². The maximum Gasteiger partial charge on any atom is 0.195 e. The van der Waals surface area contributed by atoms with Crippen LogP contribution in [0.2, 0.25) is 0 Å². The Hall–Kier alpha value is -2.02. The Morgan fingerprint density at radius 3 is 2.40 bits per heavy atom. The topological polar surface area (TPSA) is 23.8 Å². The highest BCUT2D eigenvalue weighted by atomic mass is 19.2. The van der Waals surface area contributed by atoms with Gasteiger partial charge in [-0.3, -0.25) is 0 Å². The molecule has 0 aliphatic rings. The first-order valence-corrected chi connectivity index (χ1v) is 4.11. The molecule has 0 fully saturated rings. The van der Waals surface area contributed by atoms with Crippen molar-refractivity contribution in [1.82, 2.24) is 0 Å². The second-order valence-electron chi connectivity index (χ2n) is 3.03. The average Bonchev–Trinajstić information content (AvgIpc) is 2.25. The molecule has 0 radical (unpaired) electrons. The van der Waals surface area contributed by atoms with Crippen molar-refractivity contribution in [2.75, 3.05) is 0 Å². The number of hydrogen-bond donors (Lipinski definition) is 0. The predicted octanol–water partition coefficient (Wildman–Crippen LogP) is 3.13. The summed E-state index contributed by atoms with van der Waals surface area (Å²) in [7, 11) is 0. The van der Waals surface area contributed by atoms with E-state index in [4.69, 9.17) is 5.26 Å². The lowest BCUT2D eigenvalue weighted by atomic mass is 10.1. The maximum atomic E-state index is 13.2. The summed E-state index contributed by atoms with van der Waals surface area (Å²) in [4.78, 5) is 0. The Bertz CT molecular complexity index is 584. The van der Waals surface area contributed by atoms with Gasteiger partial charge in [-0.2, -0.15) is 5.26 Å². The lowest BCUT2D eigenvalue weighted by molar-refractivity contribution is 0.453. The van der Waals surface area contributed by atoms with Gasteiger partial charge in [0.25, 0.3) is 0 Å². The van der Waals surface area contributed by atoms with Gasteiger partial charge in [-0.25, -0.2) is 13.2 Å². The van der Waals surface area contributed by atoms with Crippen molar-refractivity contribution in [3.05, 3.63) is 47.3 Å². The first-order valence-electron chi connectivity index (χ1n) is 4.11. The molecule has 0 saturated heterocycles. The standard InChI is InChI=1S/C11H4F3N/c12-9-4-7-3-6(5-15)1-2-8(7)10(13)11(9)14/h1-4H. The van der Waals surface area contributed by atoms with E-state index in [1.165, 1.54) is 18.2 Å². The van der Waals surface area contributed by atoms with Crippen LogP contribution in [-0.2, 0) is 0 Å². The molecule has 0 unspecified atom stereocenters. The lowest BCUT2D eigenvalue weighted by Crippen LogP contribution is -1.92. The normalized spacial score (nSPS) is 10.3. The number of benzene rings is 2. The van der Waals surface area contributed by atoms with Crippen molar-refractivity contribution < 1.29 is 13.2 Å². The quantitative estimate of drug-likeness (QED) is 0.609. The number of rotatable bonds is 0. The molecule has 2 rings (SSSR count). The molecule has 0 saturated carbocycles. The van der Waals surface area contributed by atoms with Gasteiger partial charge in [0, 0.05) is 5.39 Å². The summed E-state index contributed by atoms with van der Waals surface area (Å²) in [6.07, 6.45) is 0. The number of hydrogen-bond acceptors (Lipinski definition) is 1. The summed E-state index contributed by atoms with van der Waals surface area (Å²) >= 11 is 0. The zero-order valence-corrected chi connectivity index (χ0v) is 7.39. The summed E-state index contributed by atoms with van der Waals surface area (Å²) in [5, 5.41) is 8.72. The van der Waals surface area contributed by atoms with Crippen LogP contribution in [-0.4, -0.2) is 0 Å². The Morgan fingerprint density at radius 2 is 1.73 bits per heavy atom. The zero-order valence-electron chi connectivity index (χ0n) is 7.39. The van der Waals surface area contributed by atoms with Gasteiger partial charge in [-0.05, 0) is 23.6 Å². The molecule has 15 heavy (non-hydrogen) atoms. The first-order chi connectivity index (χ1) is 7.13. The summed E-state index contributed by atoms with van der Waals surface area (Å²) in [6.45, 7) is 0. The molecule has 74 valence electrons. The predicted molar refractivity (Wildman–Crippen MR) is 48.5 cm³/mol. The van der Waals surface area contributed by atoms with E-state index in [1.807, 2.05) is 6.07 Å². The van der Waals surface area contributed by atoms with Gasteiger partial charge in [0.05, 0.1) is 11.6 Å². The molecule has 4 heteroatoms. The van der Waals surface area contributed by atoms with E-state index in [-0.39, 0.29) is 16.3 Å². The fourth-order valence-corrected chi connectivity index (χ4v) is 1.37. The lowest BCUT2D eigenvalue weighted by Gasteiger charge is -2.02. The van der Waals surface area contributed by atoms with E-state index in [0.29, 0.717) is 0 Å². The van der Waals surface area contributed by atoms with Crippen molar-refractivity contribution in [3.63, 3.8) is 0 Å². The third kappa shape index (κ3) is 1.42. The van der Waals surface area contributed by atoms with Gasteiger partial charge >= 0.3 is 0 Å². The molecule has 2 aromatic rings. The summed E-state index contributed by atoms with van der Waals surface area (Å²) in [5.41, 5.74) is 0.271. The second-order valence-corrected chi connectivity index (χ2v) is 3.03. The van der Waals surface area contributed by atoms with Crippen LogP contribution in [0.3, 0.4) is 0 Å². The Labute approximate surface area is 83.4 Å². The van der Waals surface area contributed by atoms with E-state index in [1.54, 1.807) is 0 Å². The van der Waals surface area contributed by atoms with Crippen LogP contribution in [0.1, 0.15) is 5.56 Å². The largest absolute Gasteiger partial charge is 0.204 e. The number of nitriles is 1. The first kappa shape index (κ1) is 9.53. The molecular weight excluding hydrogens is 203 g/mol. The minimum Gasteiger partial charge on any atom is -0.204 e. The van der Waals surface area contributed by atoms with Crippen molar-refractivity contribution in [3.8, 4) is 6.07 Å². The van der Waals surface area contributed by atoms with E-state index in [2.05, 4.69) is 0 Å². The van der Waals surface area contributed by atoms with Crippen LogP contribution < -0.4 is 0 Å². The van der Waals surface area contributed by atoms with E-state index < -0.39 is 17.5 Å².